The second kappa shape index (κ2) is 8.13. The molecule has 3 rings (SSSR count). The van der Waals surface area contributed by atoms with Gasteiger partial charge in [-0.2, -0.15) is 0 Å². The molecule has 0 radical (unpaired) electrons. The molecule has 0 atom stereocenters. The van der Waals surface area contributed by atoms with Gasteiger partial charge in [0.2, 0.25) is 0 Å². The second-order valence-electron chi connectivity index (χ2n) is 5.38. The number of nitrogens with two attached hydrogens (primary N) is 1. The Morgan fingerprint density at radius 2 is 1.29 bits per heavy atom. The fraction of sp³-hybridized carbons (Fsp3) is 0.150. The fourth-order valence-corrected chi connectivity index (χ4v) is 2.27. The lowest BCUT2D eigenvalue weighted by Gasteiger charge is -2.13. The van der Waals surface area contributed by atoms with Gasteiger partial charge in [0.05, 0.1) is 11.9 Å². The largest absolute Gasteiger partial charge is 0.485 e. The summed E-state index contributed by atoms with van der Waals surface area (Å²) in [6.07, 6.45) is 1.67. The molecule has 0 amide bonds. The van der Waals surface area contributed by atoms with Crippen LogP contribution in [-0.2, 0) is 19.8 Å². The molecule has 24 heavy (non-hydrogen) atoms. The number of nitrogens with zero attached hydrogens (tertiary/aromatic N) is 1. The summed E-state index contributed by atoms with van der Waals surface area (Å²) in [4.78, 5) is 4.30. The molecule has 0 bridgehead atoms. The van der Waals surface area contributed by atoms with Gasteiger partial charge >= 0.3 is 0 Å². The second-order valence-corrected chi connectivity index (χ2v) is 5.38. The number of ether oxygens (including phenoxy) is 2. The summed E-state index contributed by atoms with van der Waals surface area (Å²) in [5.74, 6) is 1.28. The lowest BCUT2D eigenvalue weighted by atomic mass is 10.2. The number of pyridine rings is 1. The van der Waals surface area contributed by atoms with Gasteiger partial charge in [0, 0.05) is 12.6 Å². The lowest BCUT2D eigenvalue weighted by Crippen LogP contribution is -2.04. The average Bonchev–Trinajstić information content (AvgIpc) is 2.66. The molecule has 2 aromatic carbocycles. The van der Waals surface area contributed by atoms with Crippen molar-refractivity contribution in [1.29, 1.82) is 0 Å². The van der Waals surface area contributed by atoms with Crippen LogP contribution in [0.4, 0.5) is 0 Å². The van der Waals surface area contributed by atoms with Gasteiger partial charge in [0.1, 0.15) is 13.2 Å². The first-order valence-electron chi connectivity index (χ1n) is 7.87. The van der Waals surface area contributed by atoms with Crippen molar-refractivity contribution in [2.45, 2.75) is 19.8 Å². The van der Waals surface area contributed by atoms with Crippen LogP contribution in [0.2, 0.25) is 0 Å². The van der Waals surface area contributed by atoms with E-state index in [9.17, 15) is 0 Å². The highest BCUT2D eigenvalue weighted by atomic mass is 16.5. The Morgan fingerprint density at radius 1 is 0.750 bits per heavy atom. The van der Waals surface area contributed by atoms with Crippen LogP contribution in [-0.4, -0.2) is 4.98 Å². The van der Waals surface area contributed by atoms with Crippen LogP contribution in [0.15, 0.2) is 72.9 Å². The number of aromatic nitrogens is 1. The fourth-order valence-electron chi connectivity index (χ4n) is 2.27. The zero-order chi connectivity index (χ0) is 16.6. The van der Waals surface area contributed by atoms with Gasteiger partial charge in [-0.05, 0) is 11.1 Å². The summed E-state index contributed by atoms with van der Waals surface area (Å²) in [5, 5.41) is 0. The first-order chi connectivity index (χ1) is 11.8. The monoisotopic (exact) mass is 320 g/mol. The molecule has 0 saturated carbocycles. The maximum absolute atomic E-state index is 5.93. The molecule has 122 valence electrons. The normalized spacial score (nSPS) is 10.4. The number of rotatable bonds is 7. The van der Waals surface area contributed by atoms with Crippen molar-refractivity contribution in [2.75, 3.05) is 0 Å². The molecule has 3 aromatic rings. The van der Waals surface area contributed by atoms with Crippen molar-refractivity contribution in [3.8, 4) is 11.5 Å². The molecule has 4 nitrogen and oxygen atoms in total. The first-order valence-corrected chi connectivity index (χ1v) is 7.87. The first kappa shape index (κ1) is 16.0. The van der Waals surface area contributed by atoms with Crippen LogP contribution in [0.1, 0.15) is 16.8 Å². The van der Waals surface area contributed by atoms with Crippen molar-refractivity contribution in [3.05, 3.63) is 89.7 Å². The summed E-state index contributed by atoms with van der Waals surface area (Å²) in [5.41, 5.74) is 8.64. The molecular weight excluding hydrogens is 300 g/mol. The van der Waals surface area contributed by atoms with Crippen LogP contribution in [0.25, 0.3) is 0 Å². The molecule has 1 heterocycles. The minimum absolute atomic E-state index is 0.362. The van der Waals surface area contributed by atoms with E-state index in [0.29, 0.717) is 31.3 Å². The Hall–Kier alpha value is -2.85. The molecule has 4 heteroatoms. The Balaban J connectivity index is 1.72. The highest BCUT2D eigenvalue weighted by Gasteiger charge is 2.08. The zero-order valence-corrected chi connectivity index (χ0v) is 13.4. The van der Waals surface area contributed by atoms with Gasteiger partial charge in [0.25, 0.3) is 0 Å². The smallest absolute Gasteiger partial charge is 0.179 e. The minimum atomic E-state index is 0.362. The molecule has 1 aromatic heterocycles. The summed E-state index contributed by atoms with van der Waals surface area (Å²) in [7, 11) is 0. The molecule has 0 aliphatic heterocycles. The molecule has 0 spiro atoms. The summed E-state index contributed by atoms with van der Waals surface area (Å²) in [6, 6.07) is 21.8. The standard InChI is InChI=1S/C20H20N2O2/c21-12-18-11-19(23-14-16-7-3-1-4-8-16)20(13-22-18)24-15-17-9-5-2-6-10-17/h1-11,13H,12,14-15,21H2. The topological polar surface area (TPSA) is 57.4 Å². The molecule has 2 N–H and O–H groups in total. The van der Waals surface area contributed by atoms with Crippen molar-refractivity contribution in [1.82, 2.24) is 4.98 Å². The van der Waals surface area contributed by atoms with Crippen LogP contribution in [0, 0.1) is 0 Å². The molecule has 0 fully saturated rings. The predicted molar refractivity (Wildman–Crippen MR) is 93.7 cm³/mol. The van der Waals surface area contributed by atoms with Crippen LogP contribution in [0.3, 0.4) is 0 Å². The maximum atomic E-state index is 5.93. The van der Waals surface area contributed by atoms with Crippen molar-refractivity contribution < 1.29 is 9.47 Å². The third-order valence-corrected chi connectivity index (χ3v) is 3.57. The van der Waals surface area contributed by atoms with Crippen molar-refractivity contribution in [3.63, 3.8) is 0 Å². The van der Waals surface area contributed by atoms with Crippen molar-refractivity contribution in [2.24, 2.45) is 5.73 Å². The molecule has 0 saturated heterocycles. The van der Waals surface area contributed by atoms with E-state index in [-0.39, 0.29) is 0 Å². The summed E-state index contributed by atoms with van der Waals surface area (Å²) < 4.78 is 11.8. The Morgan fingerprint density at radius 3 is 1.83 bits per heavy atom. The van der Waals surface area contributed by atoms with E-state index >= 15 is 0 Å². The van der Waals surface area contributed by atoms with Gasteiger partial charge in [-0.25, -0.2) is 0 Å². The lowest BCUT2D eigenvalue weighted by molar-refractivity contribution is 0.254. The van der Waals surface area contributed by atoms with E-state index in [1.54, 1.807) is 6.20 Å². The van der Waals surface area contributed by atoms with E-state index in [1.165, 1.54) is 0 Å². The Kier molecular flexibility index (Phi) is 5.43. The van der Waals surface area contributed by atoms with E-state index < -0.39 is 0 Å². The quantitative estimate of drug-likeness (QED) is 0.721. The van der Waals surface area contributed by atoms with E-state index in [1.807, 2.05) is 66.7 Å². The van der Waals surface area contributed by atoms with Crippen LogP contribution in [0.5, 0.6) is 11.5 Å². The van der Waals surface area contributed by atoms with E-state index in [2.05, 4.69) is 4.98 Å². The summed E-state index contributed by atoms with van der Waals surface area (Å²) >= 11 is 0. The SMILES string of the molecule is NCc1cc(OCc2ccccc2)c(OCc2ccccc2)cn1. The van der Waals surface area contributed by atoms with Crippen molar-refractivity contribution >= 4 is 0 Å². The molecule has 0 unspecified atom stereocenters. The van der Waals surface area contributed by atoms with Gasteiger partial charge in [-0.1, -0.05) is 60.7 Å². The summed E-state index contributed by atoms with van der Waals surface area (Å²) in [6.45, 7) is 1.30. The van der Waals surface area contributed by atoms with Gasteiger partial charge < -0.3 is 15.2 Å². The van der Waals surface area contributed by atoms with Gasteiger partial charge in [-0.3, -0.25) is 4.98 Å². The third-order valence-electron chi connectivity index (χ3n) is 3.57. The van der Waals surface area contributed by atoms with Crippen LogP contribution < -0.4 is 15.2 Å². The number of benzene rings is 2. The molecular formula is C20H20N2O2. The van der Waals surface area contributed by atoms with E-state index in [0.717, 1.165) is 16.8 Å². The molecule has 0 aliphatic rings. The zero-order valence-electron chi connectivity index (χ0n) is 13.4. The van der Waals surface area contributed by atoms with Gasteiger partial charge in [0.15, 0.2) is 11.5 Å². The highest BCUT2D eigenvalue weighted by molar-refractivity contribution is 5.39. The van der Waals surface area contributed by atoms with Gasteiger partial charge in [-0.15, -0.1) is 0 Å². The molecule has 0 aliphatic carbocycles. The minimum Gasteiger partial charge on any atom is -0.485 e. The third kappa shape index (κ3) is 4.33. The van der Waals surface area contributed by atoms with Crippen LogP contribution >= 0.6 is 0 Å². The Bertz CT molecular complexity index is 761. The number of hydrogen-bond acceptors (Lipinski definition) is 4. The van der Waals surface area contributed by atoms with E-state index in [4.69, 9.17) is 15.2 Å². The highest BCUT2D eigenvalue weighted by Crippen LogP contribution is 2.28. The predicted octanol–water partition coefficient (Wildman–Crippen LogP) is 3.70. The maximum Gasteiger partial charge on any atom is 0.179 e. The number of hydrogen-bond donors (Lipinski definition) is 1. The Labute approximate surface area is 141 Å². The average molecular weight is 320 g/mol.